The fourth-order valence-electron chi connectivity index (χ4n) is 3.27. The van der Waals surface area contributed by atoms with Crippen molar-refractivity contribution in [2.45, 2.75) is 13.0 Å². The lowest BCUT2D eigenvalue weighted by molar-refractivity contribution is -0.120. The van der Waals surface area contributed by atoms with Gasteiger partial charge in [0.05, 0.1) is 12.6 Å². The van der Waals surface area contributed by atoms with Gasteiger partial charge >= 0.3 is 0 Å². The summed E-state index contributed by atoms with van der Waals surface area (Å²) in [5.74, 6) is 0.559. The van der Waals surface area contributed by atoms with Crippen molar-refractivity contribution >= 4 is 34.5 Å². The number of carbonyl (C=O) groups excluding carboxylic acids is 1. The predicted molar refractivity (Wildman–Crippen MR) is 126 cm³/mol. The van der Waals surface area contributed by atoms with Crippen molar-refractivity contribution in [2.24, 2.45) is 5.10 Å². The molecule has 1 N–H and O–H groups in total. The molecule has 1 amide bonds. The van der Waals surface area contributed by atoms with Gasteiger partial charge in [-0.2, -0.15) is 5.10 Å². The van der Waals surface area contributed by atoms with Gasteiger partial charge in [-0.15, -0.1) is 0 Å². The molecule has 0 aromatic heterocycles. The molecule has 0 saturated heterocycles. The van der Waals surface area contributed by atoms with Crippen molar-refractivity contribution < 1.29 is 9.53 Å². The van der Waals surface area contributed by atoms with Gasteiger partial charge in [0, 0.05) is 5.02 Å². The van der Waals surface area contributed by atoms with Crippen LogP contribution in [0.15, 0.2) is 96.1 Å². The van der Waals surface area contributed by atoms with Gasteiger partial charge in [0.25, 0.3) is 0 Å². The van der Waals surface area contributed by atoms with Crippen LogP contribution >= 0.6 is 11.6 Å². The van der Waals surface area contributed by atoms with E-state index in [0.717, 1.165) is 33.2 Å². The Morgan fingerprint density at radius 3 is 2.58 bits per heavy atom. The number of halogens is 1. The minimum absolute atomic E-state index is 0.164. The molecule has 0 bridgehead atoms. The Labute approximate surface area is 186 Å². The summed E-state index contributed by atoms with van der Waals surface area (Å²) in [7, 11) is 0. The number of nitrogens with zero attached hydrogens (tertiary/aromatic N) is 1. The van der Waals surface area contributed by atoms with E-state index in [-0.39, 0.29) is 12.3 Å². The number of carbonyl (C=O) groups is 1. The van der Waals surface area contributed by atoms with Crippen LogP contribution in [0.2, 0.25) is 5.02 Å². The molecule has 0 saturated carbocycles. The van der Waals surface area contributed by atoms with E-state index in [2.05, 4.69) is 10.5 Å². The standard InChI is InChI=1S/C26H21ClN2O2/c27-23-13-11-19(12-14-23)18-31-24-9-3-5-20(15-24)17-28-29-26(30)16-22-8-4-7-21-6-1-2-10-25(21)22/h1-15,17H,16,18H2,(H,29,30). The second-order valence-electron chi connectivity index (χ2n) is 7.10. The van der Waals surface area contributed by atoms with E-state index in [1.165, 1.54) is 0 Å². The maximum absolute atomic E-state index is 12.3. The van der Waals surface area contributed by atoms with E-state index in [4.69, 9.17) is 16.3 Å². The summed E-state index contributed by atoms with van der Waals surface area (Å²) < 4.78 is 5.83. The zero-order valence-corrected chi connectivity index (χ0v) is 17.5. The van der Waals surface area contributed by atoms with Crippen molar-refractivity contribution in [2.75, 3.05) is 0 Å². The van der Waals surface area contributed by atoms with Gasteiger partial charge < -0.3 is 4.74 Å². The van der Waals surface area contributed by atoms with Crippen molar-refractivity contribution in [3.05, 3.63) is 113 Å². The Hall–Kier alpha value is -3.63. The van der Waals surface area contributed by atoms with Gasteiger partial charge in [-0.1, -0.05) is 78.3 Å². The summed E-state index contributed by atoms with van der Waals surface area (Å²) in [6.07, 6.45) is 1.87. The lowest BCUT2D eigenvalue weighted by atomic mass is 10.0. The van der Waals surface area contributed by atoms with Crippen molar-refractivity contribution in [1.82, 2.24) is 5.43 Å². The van der Waals surface area contributed by atoms with E-state index in [1.54, 1.807) is 6.21 Å². The molecule has 4 nitrogen and oxygen atoms in total. The van der Waals surface area contributed by atoms with Crippen LogP contribution in [-0.2, 0) is 17.8 Å². The average molecular weight is 429 g/mol. The molecule has 31 heavy (non-hydrogen) atoms. The molecule has 0 fully saturated rings. The first-order chi connectivity index (χ1) is 15.2. The lowest BCUT2D eigenvalue weighted by Gasteiger charge is -2.07. The number of rotatable bonds is 7. The van der Waals surface area contributed by atoms with Crippen LogP contribution < -0.4 is 10.2 Å². The normalized spacial score (nSPS) is 11.0. The third-order valence-corrected chi connectivity index (χ3v) is 5.06. The Bertz CT molecular complexity index is 1210. The molecule has 5 heteroatoms. The topological polar surface area (TPSA) is 50.7 Å². The third-order valence-electron chi connectivity index (χ3n) is 4.81. The second-order valence-corrected chi connectivity index (χ2v) is 7.53. The van der Waals surface area contributed by atoms with Crippen molar-refractivity contribution in [3.8, 4) is 5.75 Å². The molecule has 154 valence electrons. The monoisotopic (exact) mass is 428 g/mol. The summed E-state index contributed by atoms with van der Waals surface area (Å²) in [6, 6.07) is 29.1. The number of hydrazone groups is 1. The van der Waals surface area contributed by atoms with Crippen LogP contribution in [0.25, 0.3) is 10.8 Å². The predicted octanol–water partition coefficient (Wildman–Crippen LogP) is 5.77. The van der Waals surface area contributed by atoms with Crippen LogP contribution in [0, 0.1) is 0 Å². The Morgan fingerprint density at radius 1 is 0.935 bits per heavy atom. The van der Waals surface area contributed by atoms with Crippen molar-refractivity contribution in [3.63, 3.8) is 0 Å². The first-order valence-electron chi connectivity index (χ1n) is 9.93. The quantitative estimate of drug-likeness (QED) is 0.300. The zero-order chi connectivity index (χ0) is 21.5. The molecule has 4 aromatic carbocycles. The van der Waals surface area contributed by atoms with Crippen LogP contribution in [0.1, 0.15) is 16.7 Å². The molecule has 4 rings (SSSR count). The van der Waals surface area contributed by atoms with Gasteiger partial charge in [-0.3, -0.25) is 4.79 Å². The minimum atomic E-state index is -0.164. The van der Waals surface area contributed by atoms with Crippen LogP contribution in [0.3, 0.4) is 0 Å². The molecule has 0 atom stereocenters. The first-order valence-corrected chi connectivity index (χ1v) is 10.3. The van der Waals surface area contributed by atoms with Crippen LogP contribution in [0.5, 0.6) is 5.75 Å². The summed E-state index contributed by atoms with van der Waals surface area (Å²) in [4.78, 5) is 12.3. The summed E-state index contributed by atoms with van der Waals surface area (Å²) in [5, 5.41) is 6.99. The van der Waals surface area contributed by atoms with Gasteiger partial charge in [-0.25, -0.2) is 5.43 Å². The highest BCUT2D eigenvalue weighted by molar-refractivity contribution is 6.30. The summed E-state index contributed by atoms with van der Waals surface area (Å²) in [6.45, 7) is 0.444. The molecule has 0 aliphatic carbocycles. The van der Waals surface area contributed by atoms with Crippen LogP contribution in [0.4, 0.5) is 0 Å². The van der Waals surface area contributed by atoms with Crippen LogP contribution in [-0.4, -0.2) is 12.1 Å². The Morgan fingerprint density at radius 2 is 1.71 bits per heavy atom. The maximum atomic E-state index is 12.3. The van der Waals surface area contributed by atoms with E-state index in [0.29, 0.717) is 11.6 Å². The third kappa shape index (κ3) is 5.71. The Balaban J connectivity index is 1.33. The minimum Gasteiger partial charge on any atom is -0.489 e. The number of hydrogen-bond acceptors (Lipinski definition) is 3. The number of fused-ring (bicyclic) bond motifs is 1. The van der Waals surface area contributed by atoms with E-state index >= 15 is 0 Å². The van der Waals surface area contributed by atoms with E-state index in [9.17, 15) is 4.79 Å². The molecule has 0 unspecified atom stereocenters. The lowest BCUT2D eigenvalue weighted by Crippen LogP contribution is -2.19. The second kappa shape index (κ2) is 9.92. The number of benzene rings is 4. The molecule has 0 aliphatic heterocycles. The fraction of sp³-hybridized carbons (Fsp3) is 0.0769. The SMILES string of the molecule is O=C(Cc1cccc2ccccc12)NN=Cc1cccc(OCc2ccc(Cl)cc2)c1. The smallest absolute Gasteiger partial charge is 0.244 e. The molecule has 0 radical (unpaired) electrons. The molecule has 0 spiro atoms. The fourth-order valence-corrected chi connectivity index (χ4v) is 3.40. The van der Waals surface area contributed by atoms with E-state index in [1.807, 2.05) is 91.0 Å². The molecular formula is C26H21ClN2O2. The number of nitrogens with one attached hydrogen (secondary N) is 1. The maximum Gasteiger partial charge on any atom is 0.244 e. The highest BCUT2D eigenvalue weighted by Crippen LogP contribution is 2.19. The largest absolute Gasteiger partial charge is 0.489 e. The Kier molecular flexibility index (Phi) is 6.60. The highest BCUT2D eigenvalue weighted by atomic mass is 35.5. The number of ether oxygens (including phenoxy) is 1. The summed E-state index contributed by atoms with van der Waals surface area (Å²) >= 11 is 5.91. The highest BCUT2D eigenvalue weighted by Gasteiger charge is 2.06. The van der Waals surface area contributed by atoms with E-state index < -0.39 is 0 Å². The molecule has 0 aliphatic rings. The first kappa shape index (κ1) is 20.6. The number of hydrogen-bond donors (Lipinski definition) is 1. The average Bonchev–Trinajstić information content (AvgIpc) is 2.79. The van der Waals surface area contributed by atoms with Gasteiger partial charge in [-0.05, 0) is 51.7 Å². The summed E-state index contributed by atoms with van der Waals surface area (Å²) in [5.41, 5.74) is 5.44. The zero-order valence-electron chi connectivity index (χ0n) is 16.8. The van der Waals surface area contributed by atoms with Gasteiger partial charge in [0.2, 0.25) is 5.91 Å². The molecule has 4 aromatic rings. The van der Waals surface area contributed by atoms with Gasteiger partial charge in [0.15, 0.2) is 0 Å². The number of amides is 1. The van der Waals surface area contributed by atoms with Crippen molar-refractivity contribution in [1.29, 1.82) is 0 Å². The van der Waals surface area contributed by atoms with Gasteiger partial charge in [0.1, 0.15) is 12.4 Å². The molecular weight excluding hydrogens is 408 g/mol. The molecule has 0 heterocycles.